The number of carbonyl (C=O) groups is 3. The Morgan fingerprint density at radius 3 is 2.60 bits per heavy atom. The zero-order chi connectivity index (χ0) is 15.0. The smallest absolute Gasteiger partial charge is 0.326 e. The number of hydrogen-bond donors (Lipinski definition) is 3. The molecule has 1 heterocycles. The third kappa shape index (κ3) is 5.94. The molecule has 1 rings (SSSR count). The third-order valence-electron chi connectivity index (χ3n) is 2.60. The van der Waals surface area contributed by atoms with Crippen molar-refractivity contribution < 1.29 is 24.6 Å². The van der Waals surface area contributed by atoms with Crippen LogP contribution in [0, 0.1) is 0 Å². The Morgan fingerprint density at radius 2 is 2.05 bits per heavy atom. The molecule has 0 radical (unpaired) electrons. The lowest BCUT2D eigenvalue weighted by atomic mass is 10.1. The van der Waals surface area contributed by atoms with Gasteiger partial charge in [-0.25, -0.2) is 4.79 Å². The molecule has 0 saturated heterocycles. The highest BCUT2D eigenvalue weighted by atomic mass is 16.4. The van der Waals surface area contributed by atoms with Gasteiger partial charge >= 0.3 is 11.9 Å². The van der Waals surface area contributed by atoms with Crippen molar-refractivity contribution in [1.29, 1.82) is 0 Å². The first-order chi connectivity index (χ1) is 9.49. The van der Waals surface area contributed by atoms with Crippen molar-refractivity contribution in [3.63, 3.8) is 0 Å². The molecule has 20 heavy (non-hydrogen) atoms. The first-order valence-electron chi connectivity index (χ1n) is 6.12. The first kappa shape index (κ1) is 15.6. The van der Waals surface area contributed by atoms with Crippen LogP contribution in [-0.2, 0) is 20.8 Å². The molecule has 1 aromatic rings. The largest absolute Gasteiger partial charge is 0.481 e. The number of aromatic nitrogens is 1. The lowest BCUT2D eigenvalue weighted by Gasteiger charge is -2.13. The second-order valence-electron chi connectivity index (χ2n) is 4.28. The minimum atomic E-state index is -1.17. The summed E-state index contributed by atoms with van der Waals surface area (Å²) in [6.45, 7) is 0. The van der Waals surface area contributed by atoms with Gasteiger partial charge in [-0.2, -0.15) is 0 Å². The van der Waals surface area contributed by atoms with E-state index in [1.165, 1.54) is 6.20 Å². The summed E-state index contributed by atoms with van der Waals surface area (Å²) in [5, 5.41) is 19.9. The first-order valence-corrected chi connectivity index (χ1v) is 6.12. The van der Waals surface area contributed by atoms with Crippen LogP contribution in [0.15, 0.2) is 24.5 Å². The fourth-order valence-electron chi connectivity index (χ4n) is 1.65. The molecule has 3 N–H and O–H groups in total. The van der Waals surface area contributed by atoms with Crippen molar-refractivity contribution in [3.8, 4) is 0 Å². The van der Waals surface area contributed by atoms with Crippen molar-refractivity contribution in [2.45, 2.75) is 31.7 Å². The molecule has 0 aliphatic rings. The van der Waals surface area contributed by atoms with E-state index in [0.717, 1.165) is 0 Å². The monoisotopic (exact) mass is 280 g/mol. The number of nitrogens with zero attached hydrogens (tertiary/aromatic N) is 1. The van der Waals surface area contributed by atoms with Crippen molar-refractivity contribution in [3.05, 3.63) is 30.1 Å². The van der Waals surface area contributed by atoms with Crippen molar-refractivity contribution >= 4 is 17.8 Å². The number of amides is 1. The van der Waals surface area contributed by atoms with Crippen LogP contribution in [0.2, 0.25) is 0 Å². The molecule has 0 aromatic carbocycles. The average molecular weight is 280 g/mol. The lowest BCUT2D eigenvalue weighted by molar-refractivity contribution is -0.142. The highest BCUT2D eigenvalue weighted by Gasteiger charge is 2.19. The number of rotatable bonds is 8. The maximum Gasteiger partial charge on any atom is 0.326 e. The normalized spacial score (nSPS) is 11.6. The maximum absolute atomic E-state index is 11.7. The number of carboxylic acid groups (broad SMARTS) is 2. The highest BCUT2D eigenvalue weighted by molar-refractivity contribution is 5.84. The Balaban J connectivity index is 2.46. The average Bonchev–Trinajstić information content (AvgIpc) is 2.38. The number of carbonyl (C=O) groups excluding carboxylic acids is 1. The van der Waals surface area contributed by atoms with Gasteiger partial charge in [-0.1, -0.05) is 6.07 Å². The van der Waals surface area contributed by atoms with Gasteiger partial charge < -0.3 is 15.5 Å². The Hall–Kier alpha value is -2.44. The molecule has 0 fully saturated rings. The summed E-state index contributed by atoms with van der Waals surface area (Å²) < 4.78 is 0. The molecule has 0 unspecified atom stereocenters. The van der Waals surface area contributed by atoms with E-state index in [1.807, 2.05) is 0 Å². The molecule has 1 aromatic heterocycles. The van der Waals surface area contributed by atoms with E-state index in [1.54, 1.807) is 18.3 Å². The molecule has 0 aliphatic carbocycles. The summed E-state index contributed by atoms with van der Waals surface area (Å²) in [4.78, 5) is 36.9. The van der Waals surface area contributed by atoms with Gasteiger partial charge in [0.1, 0.15) is 6.04 Å². The summed E-state index contributed by atoms with van der Waals surface area (Å²) in [7, 11) is 0. The zero-order valence-corrected chi connectivity index (χ0v) is 10.8. The standard InChI is InChI=1S/C13H16N2O5/c16-11(7-9-3-2-6-14-8-9)15-10(13(19)20)4-1-5-12(17)18/h2-3,6,8,10H,1,4-5,7H2,(H,15,16)(H,17,18)(H,19,20)/t10-/m1/s1. The Bertz CT molecular complexity index is 475. The molecule has 1 amide bonds. The van der Waals surface area contributed by atoms with Crippen LogP contribution in [0.1, 0.15) is 24.8 Å². The van der Waals surface area contributed by atoms with Crippen LogP contribution in [0.4, 0.5) is 0 Å². The SMILES string of the molecule is O=C(O)CCC[C@@H](NC(=O)Cc1cccnc1)C(=O)O. The van der Waals surface area contributed by atoms with E-state index in [0.29, 0.717) is 5.56 Å². The summed E-state index contributed by atoms with van der Waals surface area (Å²) >= 11 is 0. The van der Waals surface area contributed by atoms with Gasteiger partial charge in [-0.05, 0) is 24.5 Å². The molecule has 1 atom stereocenters. The molecule has 108 valence electrons. The molecular weight excluding hydrogens is 264 g/mol. The molecule has 0 bridgehead atoms. The molecule has 7 nitrogen and oxygen atoms in total. The van der Waals surface area contributed by atoms with Crippen molar-refractivity contribution in [2.24, 2.45) is 0 Å². The number of hydrogen-bond acceptors (Lipinski definition) is 4. The molecule has 0 aliphatic heterocycles. The predicted octanol–water partition coefficient (Wildman–Crippen LogP) is 0.448. The fourth-order valence-corrected chi connectivity index (χ4v) is 1.65. The van der Waals surface area contributed by atoms with Gasteiger partial charge in [-0.3, -0.25) is 14.6 Å². The van der Waals surface area contributed by atoms with Crippen LogP contribution in [-0.4, -0.2) is 39.1 Å². The summed E-state index contributed by atoms with van der Waals surface area (Å²) in [6, 6.07) is 2.33. The van der Waals surface area contributed by atoms with Gasteiger partial charge in [0.25, 0.3) is 0 Å². The van der Waals surface area contributed by atoms with Crippen LogP contribution >= 0.6 is 0 Å². The van der Waals surface area contributed by atoms with E-state index in [-0.39, 0.29) is 25.7 Å². The third-order valence-corrected chi connectivity index (χ3v) is 2.60. The maximum atomic E-state index is 11.7. The number of pyridine rings is 1. The van der Waals surface area contributed by atoms with Crippen molar-refractivity contribution in [1.82, 2.24) is 10.3 Å². The second-order valence-corrected chi connectivity index (χ2v) is 4.28. The topological polar surface area (TPSA) is 117 Å². The summed E-state index contributed by atoms with van der Waals surface area (Å²) in [5.74, 6) is -2.59. The summed E-state index contributed by atoms with van der Waals surface area (Å²) in [6.07, 6.45) is 3.30. The number of nitrogens with one attached hydrogen (secondary N) is 1. The van der Waals surface area contributed by atoms with Crippen LogP contribution in [0.5, 0.6) is 0 Å². The van der Waals surface area contributed by atoms with E-state index in [4.69, 9.17) is 10.2 Å². The number of aliphatic carboxylic acids is 2. The Morgan fingerprint density at radius 1 is 1.30 bits per heavy atom. The number of carboxylic acids is 2. The Labute approximate surface area is 115 Å². The zero-order valence-electron chi connectivity index (χ0n) is 10.8. The Kier molecular flexibility index (Phi) is 6.15. The van der Waals surface area contributed by atoms with E-state index < -0.39 is 23.9 Å². The highest BCUT2D eigenvalue weighted by Crippen LogP contribution is 2.03. The van der Waals surface area contributed by atoms with Gasteiger partial charge in [0, 0.05) is 18.8 Å². The lowest BCUT2D eigenvalue weighted by Crippen LogP contribution is -2.41. The predicted molar refractivity (Wildman–Crippen MR) is 69.0 cm³/mol. The van der Waals surface area contributed by atoms with E-state index in [2.05, 4.69) is 10.3 Å². The molecule has 7 heteroatoms. The van der Waals surface area contributed by atoms with Crippen molar-refractivity contribution in [2.75, 3.05) is 0 Å². The van der Waals surface area contributed by atoms with Crippen LogP contribution in [0.3, 0.4) is 0 Å². The van der Waals surface area contributed by atoms with Crippen LogP contribution in [0.25, 0.3) is 0 Å². The summed E-state index contributed by atoms with van der Waals surface area (Å²) in [5.41, 5.74) is 0.680. The minimum absolute atomic E-state index is 0.0382. The van der Waals surface area contributed by atoms with E-state index in [9.17, 15) is 14.4 Å². The molecule has 0 saturated carbocycles. The van der Waals surface area contributed by atoms with Gasteiger partial charge in [-0.15, -0.1) is 0 Å². The molecule has 0 spiro atoms. The van der Waals surface area contributed by atoms with Crippen LogP contribution < -0.4 is 5.32 Å². The van der Waals surface area contributed by atoms with Gasteiger partial charge in [0.2, 0.25) is 5.91 Å². The fraction of sp³-hybridized carbons (Fsp3) is 0.385. The quantitative estimate of drug-likeness (QED) is 0.636. The minimum Gasteiger partial charge on any atom is -0.481 e. The van der Waals surface area contributed by atoms with E-state index >= 15 is 0 Å². The van der Waals surface area contributed by atoms with Gasteiger partial charge in [0.05, 0.1) is 6.42 Å². The second kappa shape index (κ2) is 7.88. The molecular formula is C13H16N2O5. The van der Waals surface area contributed by atoms with Gasteiger partial charge in [0.15, 0.2) is 0 Å².